The van der Waals surface area contributed by atoms with Crippen molar-refractivity contribution in [2.45, 2.75) is 57.0 Å². The Morgan fingerprint density at radius 2 is 1.84 bits per heavy atom. The fourth-order valence-corrected chi connectivity index (χ4v) is 5.70. The summed E-state index contributed by atoms with van der Waals surface area (Å²) in [5, 5.41) is 10.7. The number of carboxylic acid groups (broad SMARTS) is 1. The second-order valence-corrected chi connectivity index (χ2v) is 11.0. The first kappa shape index (κ1) is 27.4. The average Bonchev–Trinajstić information content (AvgIpc) is 3.65. The maximum absolute atomic E-state index is 13.9. The number of hydrogen-bond acceptors (Lipinski definition) is 4. The van der Waals surface area contributed by atoms with Gasteiger partial charge < -0.3 is 20.5 Å². The van der Waals surface area contributed by atoms with Gasteiger partial charge in [-0.15, -0.1) is 0 Å². The van der Waals surface area contributed by atoms with Gasteiger partial charge in [0, 0.05) is 21.9 Å². The highest BCUT2D eigenvalue weighted by Crippen LogP contribution is 2.48. The van der Waals surface area contributed by atoms with Crippen molar-refractivity contribution >= 4 is 41.0 Å². The van der Waals surface area contributed by atoms with Gasteiger partial charge in [-0.05, 0) is 61.1 Å². The number of rotatable bonds is 11. The molecule has 2 aromatic rings. The first-order valence-corrected chi connectivity index (χ1v) is 13.3. The highest BCUT2D eigenvalue weighted by Gasteiger charge is 2.50. The minimum atomic E-state index is -1.02. The number of hydrogen-bond donors (Lipinski definition) is 2. The minimum absolute atomic E-state index is 0.198. The average molecular weight is 547 g/mol. The van der Waals surface area contributed by atoms with Crippen molar-refractivity contribution in [2.75, 3.05) is 13.2 Å². The number of aliphatic carboxylic acids is 1. The number of carbonyl (C=O) groups excluding carboxylic acids is 2. The molecule has 0 radical (unpaired) electrons. The zero-order chi connectivity index (χ0) is 26.7. The molecule has 1 saturated heterocycles. The van der Waals surface area contributed by atoms with E-state index in [1.807, 2.05) is 37.3 Å². The van der Waals surface area contributed by atoms with Gasteiger partial charge in [0.1, 0.15) is 0 Å². The summed E-state index contributed by atoms with van der Waals surface area (Å²) < 4.78 is 6.00. The third-order valence-electron chi connectivity index (χ3n) is 7.66. The van der Waals surface area contributed by atoms with Crippen LogP contribution in [0, 0.1) is 11.3 Å². The van der Waals surface area contributed by atoms with Gasteiger partial charge in [-0.25, -0.2) is 0 Å². The number of nitrogens with zero attached hydrogens (tertiary/aromatic N) is 1. The number of carboxylic acids is 1. The van der Waals surface area contributed by atoms with Crippen molar-refractivity contribution in [3.8, 4) is 0 Å². The Labute approximate surface area is 226 Å². The van der Waals surface area contributed by atoms with E-state index in [-0.39, 0.29) is 49.5 Å². The van der Waals surface area contributed by atoms with E-state index in [2.05, 4.69) is 0 Å². The molecule has 37 heavy (non-hydrogen) atoms. The lowest BCUT2D eigenvalue weighted by Crippen LogP contribution is -2.53. The summed E-state index contributed by atoms with van der Waals surface area (Å²) in [6.07, 6.45) is 2.10. The van der Waals surface area contributed by atoms with Crippen LogP contribution in [0.2, 0.25) is 10.0 Å². The Hall–Kier alpha value is -2.61. The largest absolute Gasteiger partial charge is 0.481 e. The zero-order valence-electron chi connectivity index (χ0n) is 20.7. The molecule has 198 valence electrons. The normalized spacial score (nSPS) is 23.5. The van der Waals surface area contributed by atoms with Gasteiger partial charge in [-0.2, -0.15) is 0 Å². The van der Waals surface area contributed by atoms with Gasteiger partial charge in [0.15, 0.2) is 0 Å². The Bertz CT molecular complexity index is 1150. The Morgan fingerprint density at radius 1 is 1.14 bits per heavy atom. The summed E-state index contributed by atoms with van der Waals surface area (Å²) in [6.45, 7) is 2.39. The summed E-state index contributed by atoms with van der Waals surface area (Å²) in [5.74, 6) is -2.49. The summed E-state index contributed by atoms with van der Waals surface area (Å²) in [5.41, 5.74) is 6.77. The quantitative estimate of drug-likeness (QED) is 0.402. The second-order valence-electron chi connectivity index (χ2n) is 10.2. The molecule has 0 spiro atoms. The molecule has 1 heterocycles. The summed E-state index contributed by atoms with van der Waals surface area (Å²) in [7, 11) is 0. The predicted molar refractivity (Wildman–Crippen MR) is 141 cm³/mol. The molecule has 0 aromatic heterocycles. The van der Waals surface area contributed by atoms with E-state index in [0.29, 0.717) is 35.7 Å². The number of ether oxygens (including phenoxy) is 1. The number of carbonyl (C=O) groups is 3. The lowest BCUT2D eigenvalue weighted by Gasteiger charge is -2.48. The number of primary amides is 1. The Balaban J connectivity index is 1.73. The van der Waals surface area contributed by atoms with E-state index in [4.69, 9.17) is 33.7 Å². The highest BCUT2D eigenvalue weighted by molar-refractivity contribution is 6.30. The number of piperidine rings is 1. The third kappa shape index (κ3) is 6.11. The molecule has 0 bridgehead atoms. The molecule has 2 fully saturated rings. The van der Waals surface area contributed by atoms with Crippen LogP contribution in [0.3, 0.4) is 0 Å². The van der Waals surface area contributed by atoms with Crippen molar-refractivity contribution in [3.63, 3.8) is 0 Å². The number of amides is 2. The SMILES string of the molecule is CCC(COCC1(C(N)=O)CC1)N1C(=O)[C@H](CC(=O)O)CC(c2cccc(Cl)c2)[C@H]1c1ccc(Cl)cc1. The number of nitrogens with two attached hydrogens (primary N) is 1. The molecule has 4 rings (SSSR count). The number of likely N-dealkylation sites (tertiary alicyclic amines) is 1. The minimum Gasteiger partial charge on any atom is -0.481 e. The zero-order valence-corrected chi connectivity index (χ0v) is 22.3. The van der Waals surface area contributed by atoms with E-state index in [0.717, 1.165) is 11.1 Å². The highest BCUT2D eigenvalue weighted by atomic mass is 35.5. The first-order valence-electron chi connectivity index (χ1n) is 12.6. The molecular formula is C28H32Cl2N2O5. The summed E-state index contributed by atoms with van der Waals surface area (Å²) in [6, 6.07) is 14.2. The van der Waals surface area contributed by atoms with Gasteiger partial charge in [-0.3, -0.25) is 14.4 Å². The van der Waals surface area contributed by atoms with E-state index in [1.54, 1.807) is 23.1 Å². The van der Waals surface area contributed by atoms with E-state index in [9.17, 15) is 19.5 Å². The fraction of sp³-hybridized carbons (Fsp3) is 0.464. The van der Waals surface area contributed by atoms with Gasteiger partial charge >= 0.3 is 5.97 Å². The van der Waals surface area contributed by atoms with Crippen LogP contribution in [-0.2, 0) is 19.1 Å². The molecule has 4 atom stereocenters. The fourth-order valence-electron chi connectivity index (χ4n) is 5.37. The maximum atomic E-state index is 13.9. The van der Waals surface area contributed by atoms with E-state index >= 15 is 0 Å². The third-order valence-corrected chi connectivity index (χ3v) is 8.15. The molecular weight excluding hydrogens is 515 g/mol. The predicted octanol–water partition coefficient (Wildman–Crippen LogP) is 5.20. The molecule has 2 aliphatic rings. The van der Waals surface area contributed by atoms with Crippen LogP contribution in [0.4, 0.5) is 0 Å². The lowest BCUT2D eigenvalue weighted by molar-refractivity contribution is -0.154. The first-order chi connectivity index (χ1) is 17.6. The second kappa shape index (κ2) is 11.4. The molecule has 2 amide bonds. The molecule has 1 saturated carbocycles. The van der Waals surface area contributed by atoms with E-state index < -0.39 is 17.3 Å². The number of halogens is 2. The van der Waals surface area contributed by atoms with Crippen molar-refractivity contribution in [1.29, 1.82) is 0 Å². The van der Waals surface area contributed by atoms with Gasteiger partial charge in [0.25, 0.3) is 0 Å². The van der Waals surface area contributed by atoms with Crippen LogP contribution in [0.5, 0.6) is 0 Å². The summed E-state index contributed by atoms with van der Waals surface area (Å²) >= 11 is 12.5. The van der Waals surface area contributed by atoms with Crippen LogP contribution in [0.25, 0.3) is 0 Å². The smallest absolute Gasteiger partial charge is 0.304 e. The Morgan fingerprint density at radius 3 is 2.41 bits per heavy atom. The molecule has 2 unspecified atom stereocenters. The van der Waals surface area contributed by atoms with Crippen LogP contribution < -0.4 is 5.73 Å². The molecule has 7 nitrogen and oxygen atoms in total. The standard InChI is InChI=1S/C28H32Cl2N2O5/c1-2-22(15-37-16-28(10-11-28)27(31)36)32-25(17-6-8-20(29)9-7-17)23(18-4-3-5-21(30)12-18)13-19(26(32)35)14-24(33)34/h3-9,12,19,22-23,25H,2,10-11,13-16H2,1H3,(H2,31,36)(H,33,34)/t19-,22?,23?,25+/m0/s1. The molecule has 3 N–H and O–H groups in total. The molecule has 1 aliphatic carbocycles. The van der Waals surface area contributed by atoms with Crippen molar-refractivity contribution in [3.05, 3.63) is 69.7 Å². The maximum Gasteiger partial charge on any atom is 0.304 e. The number of benzene rings is 2. The molecule has 2 aromatic carbocycles. The van der Waals surface area contributed by atoms with Gasteiger partial charge in [-0.1, -0.05) is 54.4 Å². The van der Waals surface area contributed by atoms with Crippen LogP contribution in [0.1, 0.15) is 62.1 Å². The topological polar surface area (TPSA) is 110 Å². The van der Waals surface area contributed by atoms with Crippen LogP contribution in [-0.4, -0.2) is 47.0 Å². The van der Waals surface area contributed by atoms with Gasteiger partial charge in [0.05, 0.1) is 37.1 Å². The molecule has 1 aliphatic heterocycles. The van der Waals surface area contributed by atoms with Crippen LogP contribution in [0.15, 0.2) is 48.5 Å². The monoisotopic (exact) mass is 546 g/mol. The van der Waals surface area contributed by atoms with Crippen molar-refractivity contribution in [1.82, 2.24) is 4.90 Å². The van der Waals surface area contributed by atoms with Crippen molar-refractivity contribution in [2.24, 2.45) is 17.1 Å². The molecule has 9 heteroatoms. The Kier molecular flexibility index (Phi) is 8.46. The summed E-state index contributed by atoms with van der Waals surface area (Å²) in [4.78, 5) is 39.3. The lowest BCUT2D eigenvalue weighted by atomic mass is 9.74. The van der Waals surface area contributed by atoms with Crippen molar-refractivity contribution < 1.29 is 24.2 Å². The van der Waals surface area contributed by atoms with E-state index in [1.165, 1.54) is 0 Å². The van der Waals surface area contributed by atoms with Crippen LogP contribution >= 0.6 is 23.2 Å². The van der Waals surface area contributed by atoms with Gasteiger partial charge in [0.2, 0.25) is 11.8 Å².